The van der Waals surface area contributed by atoms with Crippen molar-refractivity contribution in [3.8, 4) is 11.5 Å². The Kier molecular flexibility index (Phi) is 5.41. The van der Waals surface area contributed by atoms with Crippen molar-refractivity contribution in [1.82, 2.24) is 10.3 Å². The molecule has 1 N–H and O–H groups in total. The van der Waals surface area contributed by atoms with Crippen molar-refractivity contribution < 1.29 is 18.7 Å². The Morgan fingerprint density at radius 3 is 2.68 bits per heavy atom. The first-order valence-electron chi connectivity index (χ1n) is 7.00. The van der Waals surface area contributed by atoms with E-state index in [4.69, 9.17) is 13.9 Å². The summed E-state index contributed by atoms with van der Waals surface area (Å²) in [6, 6.07) is 5.64. The van der Waals surface area contributed by atoms with Crippen molar-refractivity contribution in [1.29, 1.82) is 0 Å². The van der Waals surface area contributed by atoms with Crippen LogP contribution in [0.5, 0.6) is 11.5 Å². The molecule has 1 aromatic carbocycles. The summed E-state index contributed by atoms with van der Waals surface area (Å²) < 4.78 is 15.6. The monoisotopic (exact) mass is 304 g/mol. The van der Waals surface area contributed by atoms with Gasteiger partial charge in [-0.25, -0.2) is 4.98 Å². The minimum Gasteiger partial charge on any atom is -0.493 e. The Balaban J connectivity index is 1.84. The van der Waals surface area contributed by atoms with Crippen LogP contribution < -0.4 is 14.8 Å². The maximum absolute atomic E-state index is 11.9. The van der Waals surface area contributed by atoms with Gasteiger partial charge in [0.2, 0.25) is 5.91 Å². The third-order valence-corrected chi connectivity index (χ3v) is 3.38. The van der Waals surface area contributed by atoms with Crippen molar-refractivity contribution in [3.63, 3.8) is 0 Å². The Bertz CT molecular complexity index is 637. The molecule has 1 aromatic heterocycles. The smallest absolute Gasteiger partial charge is 0.220 e. The molecule has 2 rings (SSSR count). The summed E-state index contributed by atoms with van der Waals surface area (Å²) in [5.74, 6) is 1.99. The van der Waals surface area contributed by atoms with Crippen LogP contribution in [0.15, 0.2) is 29.0 Å². The number of amides is 1. The molecule has 0 unspecified atom stereocenters. The molecule has 1 heterocycles. The molecule has 0 aliphatic carbocycles. The first-order chi connectivity index (χ1) is 10.6. The van der Waals surface area contributed by atoms with E-state index >= 15 is 0 Å². The van der Waals surface area contributed by atoms with Gasteiger partial charge in [0, 0.05) is 6.42 Å². The van der Waals surface area contributed by atoms with Gasteiger partial charge in [0.05, 0.1) is 26.5 Å². The minimum absolute atomic E-state index is 0.0365. The SMILES string of the molecule is COc1ccc(CCC(=O)NCc2ocnc2C)cc1OC. The highest BCUT2D eigenvalue weighted by Gasteiger charge is 2.08. The summed E-state index contributed by atoms with van der Waals surface area (Å²) in [4.78, 5) is 15.9. The van der Waals surface area contributed by atoms with Crippen LogP contribution in [-0.2, 0) is 17.8 Å². The highest BCUT2D eigenvalue weighted by atomic mass is 16.5. The van der Waals surface area contributed by atoms with Crippen molar-refractivity contribution >= 4 is 5.91 Å². The highest BCUT2D eigenvalue weighted by Crippen LogP contribution is 2.27. The van der Waals surface area contributed by atoms with E-state index in [9.17, 15) is 4.79 Å². The first kappa shape index (κ1) is 15.9. The van der Waals surface area contributed by atoms with Crippen molar-refractivity contribution in [3.05, 3.63) is 41.6 Å². The van der Waals surface area contributed by atoms with Crippen LogP contribution in [0.25, 0.3) is 0 Å². The number of rotatable bonds is 7. The molecule has 22 heavy (non-hydrogen) atoms. The molecule has 1 amide bonds. The summed E-state index contributed by atoms with van der Waals surface area (Å²) >= 11 is 0. The third-order valence-electron chi connectivity index (χ3n) is 3.38. The van der Waals surface area contributed by atoms with E-state index in [1.54, 1.807) is 14.2 Å². The molecule has 2 aromatic rings. The summed E-state index contributed by atoms with van der Waals surface area (Å²) in [5.41, 5.74) is 1.81. The number of nitrogens with one attached hydrogen (secondary N) is 1. The average molecular weight is 304 g/mol. The van der Waals surface area contributed by atoms with E-state index in [0.717, 1.165) is 11.3 Å². The fraction of sp³-hybridized carbons (Fsp3) is 0.375. The lowest BCUT2D eigenvalue weighted by Gasteiger charge is -2.09. The lowest BCUT2D eigenvalue weighted by atomic mass is 10.1. The molecular weight excluding hydrogens is 284 g/mol. The van der Waals surface area contributed by atoms with E-state index < -0.39 is 0 Å². The molecule has 6 nitrogen and oxygen atoms in total. The van der Waals surface area contributed by atoms with Crippen LogP contribution >= 0.6 is 0 Å². The highest BCUT2D eigenvalue weighted by molar-refractivity contribution is 5.76. The molecule has 0 saturated heterocycles. The summed E-state index contributed by atoms with van der Waals surface area (Å²) in [5, 5.41) is 2.82. The number of methoxy groups -OCH3 is 2. The van der Waals surface area contributed by atoms with Gasteiger partial charge in [0.25, 0.3) is 0 Å². The Labute approximate surface area is 129 Å². The van der Waals surface area contributed by atoms with Gasteiger partial charge in [0.15, 0.2) is 17.9 Å². The number of aryl methyl sites for hydroxylation is 2. The molecule has 0 bridgehead atoms. The second-order valence-corrected chi connectivity index (χ2v) is 4.83. The molecule has 0 aliphatic rings. The van der Waals surface area contributed by atoms with E-state index in [-0.39, 0.29) is 5.91 Å². The number of aromatic nitrogens is 1. The molecule has 0 atom stereocenters. The number of hydrogen-bond donors (Lipinski definition) is 1. The van der Waals surface area contributed by atoms with Crippen molar-refractivity contribution in [2.75, 3.05) is 14.2 Å². The normalized spacial score (nSPS) is 10.3. The number of carbonyl (C=O) groups is 1. The van der Waals surface area contributed by atoms with Crippen LogP contribution in [0.4, 0.5) is 0 Å². The molecule has 0 radical (unpaired) electrons. The third kappa shape index (κ3) is 4.00. The predicted octanol–water partition coefficient (Wildman–Crippen LogP) is 2.25. The Morgan fingerprint density at radius 2 is 2.05 bits per heavy atom. The second-order valence-electron chi connectivity index (χ2n) is 4.83. The summed E-state index contributed by atoms with van der Waals surface area (Å²) in [7, 11) is 3.19. The van der Waals surface area contributed by atoms with E-state index in [1.165, 1.54) is 6.39 Å². The second kappa shape index (κ2) is 7.49. The molecule has 0 aliphatic heterocycles. The zero-order chi connectivity index (χ0) is 15.9. The molecule has 0 spiro atoms. The topological polar surface area (TPSA) is 73.6 Å². The molecular formula is C16H20N2O4. The van der Waals surface area contributed by atoms with Crippen LogP contribution in [0.1, 0.15) is 23.4 Å². The van der Waals surface area contributed by atoms with Crippen LogP contribution in [0.2, 0.25) is 0 Å². The van der Waals surface area contributed by atoms with Crippen molar-refractivity contribution in [2.24, 2.45) is 0 Å². The van der Waals surface area contributed by atoms with Gasteiger partial charge in [0.1, 0.15) is 5.76 Å². The average Bonchev–Trinajstić information content (AvgIpc) is 2.95. The van der Waals surface area contributed by atoms with Gasteiger partial charge in [-0.15, -0.1) is 0 Å². The van der Waals surface area contributed by atoms with Crippen LogP contribution in [0.3, 0.4) is 0 Å². The van der Waals surface area contributed by atoms with Gasteiger partial charge in [-0.1, -0.05) is 6.07 Å². The van der Waals surface area contributed by atoms with Gasteiger partial charge in [-0.3, -0.25) is 4.79 Å². The van der Waals surface area contributed by atoms with Crippen LogP contribution in [0, 0.1) is 6.92 Å². The molecule has 118 valence electrons. The quantitative estimate of drug-likeness (QED) is 0.849. The maximum Gasteiger partial charge on any atom is 0.220 e. The zero-order valence-electron chi connectivity index (χ0n) is 13.0. The number of nitrogens with zero attached hydrogens (tertiary/aromatic N) is 1. The van der Waals surface area contributed by atoms with E-state index in [1.807, 2.05) is 25.1 Å². The van der Waals surface area contributed by atoms with Gasteiger partial charge >= 0.3 is 0 Å². The number of carbonyl (C=O) groups excluding carboxylic acids is 1. The largest absolute Gasteiger partial charge is 0.493 e. The maximum atomic E-state index is 11.9. The van der Waals surface area contributed by atoms with E-state index in [2.05, 4.69) is 10.3 Å². The lowest BCUT2D eigenvalue weighted by molar-refractivity contribution is -0.121. The molecule has 0 fully saturated rings. The predicted molar refractivity (Wildman–Crippen MR) is 81.0 cm³/mol. The number of hydrogen-bond acceptors (Lipinski definition) is 5. The van der Waals surface area contributed by atoms with Crippen LogP contribution in [-0.4, -0.2) is 25.1 Å². The van der Waals surface area contributed by atoms with Gasteiger partial charge < -0.3 is 19.2 Å². The van der Waals surface area contributed by atoms with Gasteiger partial charge in [-0.05, 0) is 31.0 Å². The lowest BCUT2D eigenvalue weighted by Crippen LogP contribution is -2.23. The fourth-order valence-electron chi connectivity index (χ4n) is 2.06. The zero-order valence-corrected chi connectivity index (χ0v) is 13.0. The van der Waals surface area contributed by atoms with Gasteiger partial charge in [-0.2, -0.15) is 0 Å². The standard InChI is InChI=1S/C16H20N2O4/c1-11-15(22-10-18-11)9-17-16(19)7-5-12-4-6-13(20-2)14(8-12)21-3/h4,6,8,10H,5,7,9H2,1-3H3,(H,17,19). The number of oxazole rings is 1. The molecule has 6 heteroatoms. The Hall–Kier alpha value is -2.50. The number of ether oxygens (including phenoxy) is 2. The first-order valence-corrected chi connectivity index (χ1v) is 7.00. The number of benzene rings is 1. The molecule has 0 saturated carbocycles. The minimum atomic E-state index is -0.0365. The summed E-state index contributed by atoms with van der Waals surface area (Å²) in [6.07, 6.45) is 2.39. The fourth-order valence-corrected chi connectivity index (χ4v) is 2.06. The van der Waals surface area contributed by atoms with Crippen molar-refractivity contribution in [2.45, 2.75) is 26.3 Å². The Morgan fingerprint density at radius 1 is 1.27 bits per heavy atom. The van der Waals surface area contributed by atoms with E-state index in [0.29, 0.717) is 36.6 Å². The summed E-state index contributed by atoms with van der Waals surface area (Å²) in [6.45, 7) is 2.20.